The van der Waals surface area contributed by atoms with Crippen LogP contribution in [0.2, 0.25) is 0 Å². The summed E-state index contributed by atoms with van der Waals surface area (Å²) in [6.07, 6.45) is 1.72. The number of piperazine rings is 1. The molecule has 0 spiro atoms. The average molecular weight is 296 g/mol. The number of nitrogens with zero attached hydrogens (tertiary/aromatic N) is 4. The minimum absolute atomic E-state index is 0.201. The molecule has 2 aromatic rings. The van der Waals surface area contributed by atoms with Crippen LogP contribution in [0.15, 0.2) is 42.6 Å². The van der Waals surface area contributed by atoms with E-state index in [1.807, 2.05) is 12.1 Å². The van der Waals surface area contributed by atoms with E-state index in [1.165, 1.54) is 12.1 Å². The van der Waals surface area contributed by atoms with Crippen LogP contribution in [-0.4, -0.2) is 36.1 Å². The van der Waals surface area contributed by atoms with Gasteiger partial charge in [0.05, 0.1) is 5.56 Å². The van der Waals surface area contributed by atoms with E-state index < -0.39 is 0 Å². The fraction of sp³-hybridized carbons (Fsp3) is 0.294. The molecule has 1 aromatic carbocycles. The summed E-state index contributed by atoms with van der Waals surface area (Å²) >= 11 is 0. The molecule has 3 rings (SSSR count). The summed E-state index contributed by atoms with van der Waals surface area (Å²) in [5.74, 6) is 0.569. The highest BCUT2D eigenvalue weighted by atomic mass is 19.1. The number of aromatic nitrogens is 1. The van der Waals surface area contributed by atoms with Crippen molar-refractivity contribution in [1.82, 2.24) is 9.88 Å². The van der Waals surface area contributed by atoms with Gasteiger partial charge in [-0.25, -0.2) is 9.37 Å². The molecule has 0 amide bonds. The molecule has 1 aromatic heterocycles. The molecule has 0 aliphatic carbocycles. The smallest absolute Gasteiger partial charge is 0.146 e. The van der Waals surface area contributed by atoms with Crippen LogP contribution in [0.25, 0.3) is 0 Å². The lowest BCUT2D eigenvalue weighted by Gasteiger charge is -2.35. The number of pyridine rings is 1. The zero-order valence-corrected chi connectivity index (χ0v) is 12.2. The van der Waals surface area contributed by atoms with Crippen molar-refractivity contribution in [2.45, 2.75) is 6.54 Å². The molecule has 22 heavy (non-hydrogen) atoms. The lowest BCUT2D eigenvalue weighted by Crippen LogP contribution is -2.46. The maximum atomic E-state index is 12.9. The first-order valence-corrected chi connectivity index (χ1v) is 7.33. The summed E-state index contributed by atoms with van der Waals surface area (Å²) in [6.45, 7) is 4.30. The predicted molar refractivity (Wildman–Crippen MR) is 82.8 cm³/mol. The number of hydrogen-bond acceptors (Lipinski definition) is 4. The minimum atomic E-state index is -0.201. The third kappa shape index (κ3) is 3.23. The Bertz CT molecular complexity index is 670. The minimum Gasteiger partial charge on any atom is -0.353 e. The van der Waals surface area contributed by atoms with Gasteiger partial charge in [-0.15, -0.1) is 0 Å². The molecule has 0 saturated carbocycles. The number of nitriles is 1. The predicted octanol–water partition coefficient (Wildman–Crippen LogP) is 2.41. The van der Waals surface area contributed by atoms with Gasteiger partial charge in [-0.1, -0.05) is 12.1 Å². The summed E-state index contributed by atoms with van der Waals surface area (Å²) in [7, 11) is 0. The first-order chi connectivity index (χ1) is 10.8. The molecule has 0 radical (unpaired) electrons. The molecule has 1 aliphatic heterocycles. The highest BCUT2D eigenvalue weighted by Gasteiger charge is 2.20. The summed E-state index contributed by atoms with van der Waals surface area (Å²) in [4.78, 5) is 8.82. The van der Waals surface area contributed by atoms with Crippen LogP contribution in [0.1, 0.15) is 11.1 Å². The Balaban J connectivity index is 1.61. The number of halogens is 1. The molecule has 0 atom stereocenters. The zero-order valence-electron chi connectivity index (χ0n) is 12.2. The van der Waals surface area contributed by atoms with Crippen LogP contribution < -0.4 is 4.90 Å². The van der Waals surface area contributed by atoms with E-state index in [9.17, 15) is 4.39 Å². The van der Waals surface area contributed by atoms with Crippen LogP contribution in [0.3, 0.4) is 0 Å². The van der Waals surface area contributed by atoms with E-state index >= 15 is 0 Å². The van der Waals surface area contributed by atoms with E-state index in [4.69, 9.17) is 5.26 Å². The second-order valence-electron chi connectivity index (χ2n) is 5.38. The van der Waals surface area contributed by atoms with Gasteiger partial charge >= 0.3 is 0 Å². The van der Waals surface area contributed by atoms with Crippen molar-refractivity contribution in [2.24, 2.45) is 0 Å². The number of rotatable bonds is 3. The van der Waals surface area contributed by atoms with Crippen molar-refractivity contribution in [2.75, 3.05) is 31.1 Å². The number of benzene rings is 1. The van der Waals surface area contributed by atoms with Crippen LogP contribution in [0, 0.1) is 17.1 Å². The molecule has 0 unspecified atom stereocenters. The summed E-state index contributed by atoms with van der Waals surface area (Å²) in [5.41, 5.74) is 1.74. The second kappa shape index (κ2) is 6.54. The summed E-state index contributed by atoms with van der Waals surface area (Å²) in [5, 5.41) is 9.16. The summed E-state index contributed by atoms with van der Waals surface area (Å²) < 4.78 is 12.9. The molecule has 1 aliphatic rings. The molecule has 1 fully saturated rings. The monoisotopic (exact) mass is 296 g/mol. The van der Waals surface area contributed by atoms with Crippen molar-refractivity contribution in [3.8, 4) is 6.07 Å². The van der Waals surface area contributed by atoms with Gasteiger partial charge in [0.25, 0.3) is 0 Å². The third-order valence-electron chi connectivity index (χ3n) is 3.90. The Kier molecular flexibility index (Phi) is 4.31. The van der Waals surface area contributed by atoms with E-state index in [2.05, 4.69) is 20.9 Å². The molecule has 2 heterocycles. The van der Waals surface area contributed by atoms with Gasteiger partial charge in [0.2, 0.25) is 0 Å². The number of hydrogen-bond donors (Lipinski definition) is 0. The first-order valence-electron chi connectivity index (χ1n) is 7.33. The zero-order chi connectivity index (χ0) is 15.4. The van der Waals surface area contributed by atoms with E-state index in [0.29, 0.717) is 5.56 Å². The Morgan fingerprint density at radius 1 is 1.09 bits per heavy atom. The number of anilines is 1. The Hall–Kier alpha value is -2.45. The molecule has 1 saturated heterocycles. The highest BCUT2D eigenvalue weighted by Crippen LogP contribution is 2.18. The van der Waals surface area contributed by atoms with Gasteiger partial charge in [0, 0.05) is 38.9 Å². The Labute approximate surface area is 129 Å². The molecule has 0 N–H and O–H groups in total. The normalized spacial score (nSPS) is 15.5. The molecular formula is C17H17FN4. The molecule has 5 heteroatoms. The maximum Gasteiger partial charge on any atom is 0.146 e. The Morgan fingerprint density at radius 3 is 2.50 bits per heavy atom. The topological polar surface area (TPSA) is 43.2 Å². The maximum absolute atomic E-state index is 12.9. The first kappa shape index (κ1) is 14.5. The van der Waals surface area contributed by atoms with Crippen LogP contribution in [-0.2, 0) is 6.54 Å². The average Bonchev–Trinajstić information content (AvgIpc) is 2.58. The second-order valence-corrected chi connectivity index (χ2v) is 5.38. The van der Waals surface area contributed by atoms with Gasteiger partial charge in [0.15, 0.2) is 0 Å². The lowest BCUT2D eigenvalue weighted by atomic mass is 10.2. The van der Waals surface area contributed by atoms with Crippen molar-refractivity contribution in [3.63, 3.8) is 0 Å². The van der Waals surface area contributed by atoms with E-state index in [0.717, 1.165) is 44.1 Å². The van der Waals surface area contributed by atoms with Gasteiger partial charge in [-0.2, -0.15) is 5.26 Å². The van der Waals surface area contributed by atoms with E-state index in [-0.39, 0.29) is 5.82 Å². The molecule has 0 bridgehead atoms. The largest absolute Gasteiger partial charge is 0.353 e. The van der Waals surface area contributed by atoms with Gasteiger partial charge in [-0.3, -0.25) is 4.90 Å². The van der Waals surface area contributed by atoms with Crippen molar-refractivity contribution >= 4 is 5.82 Å². The Morgan fingerprint density at radius 2 is 1.82 bits per heavy atom. The van der Waals surface area contributed by atoms with Crippen molar-refractivity contribution < 1.29 is 4.39 Å². The van der Waals surface area contributed by atoms with Crippen molar-refractivity contribution in [3.05, 3.63) is 59.5 Å². The van der Waals surface area contributed by atoms with Gasteiger partial charge < -0.3 is 4.90 Å². The molecule has 112 valence electrons. The quantitative estimate of drug-likeness (QED) is 0.872. The van der Waals surface area contributed by atoms with Gasteiger partial charge in [-0.05, 0) is 29.8 Å². The molecular weight excluding hydrogens is 279 g/mol. The highest BCUT2D eigenvalue weighted by molar-refractivity contribution is 5.53. The SMILES string of the molecule is N#Cc1cccnc1N1CCN(Cc2ccc(F)cc2)CC1. The fourth-order valence-electron chi connectivity index (χ4n) is 2.70. The molecule has 4 nitrogen and oxygen atoms in total. The summed E-state index contributed by atoms with van der Waals surface area (Å²) in [6, 6.07) is 12.4. The lowest BCUT2D eigenvalue weighted by molar-refractivity contribution is 0.249. The standard InChI is InChI=1S/C17H17FN4/c18-16-5-3-14(4-6-16)13-21-8-10-22(11-9-21)17-15(12-19)2-1-7-20-17/h1-7H,8-11,13H2. The van der Waals surface area contributed by atoms with Crippen molar-refractivity contribution in [1.29, 1.82) is 5.26 Å². The fourth-order valence-corrected chi connectivity index (χ4v) is 2.70. The van der Waals surface area contributed by atoms with Gasteiger partial charge in [0.1, 0.15) is 17.7 Å². The van der Waals surface area contributed by atoms with E-state index in [1.54, 1.807) is 18.3 Å². The van der Waals surface area contributed by atoms with Crippen LogP contribution in [0.4, 0.5) is 10.2 Å². The van der Waals surface area contributed by atoms with Crippen LogP contribution >= 0.6 is 0 Å². The third-order valence-corrected chi connectivity index (χ3v) is 3.90. The van der Waals surface area contributed by atoms with Crippen LogP contribution in [0.5, 0.6) is 0 Å².